The third-order valence-corrected chi connectivity index (χ3v) is 4.55. The number of aliphatic imine (C=N–C) groups is 1. The van der Waals surface area contributed by atoms with E-state index in [1.165, 1.54) is 0 Å². The third-order valence-electron chi connectivity index (χ3n) is 4.55. The second-order valence-corrected chi connectivity index (χ2v) is 6.98. The molecule has 0 bridgehead atoms. The van der Waals surface area contributed by atoms with Gasteiger partial charge in [-0.3, -0.25) is 9.89 Å². The van der Waals surface area contributed by atoms with E-state index in [-0.39, 0.29) is 49.7 Å². The van der Waals surface area contributed by atoms with Gasteiger partial charge in [-0.1, -0.05) is 30.3 Å². The van der Waals surface area contributed by atoms with Gasteiger partial charge in [-0.05, 0) is 25.3 Å². The molecule has 1 aromatic carbocycles. The lowest BCUT2D eigenvalue weighted by Gasteiger charge is -2.32. The molecule has 1 atom stereocenters. The standard InChI is InChI=1S/C20H32F2N4O2.HI/c1-2-23-20(25-17-8-10-26(11-9-17)13-19(21)22)24-12-18(27)15-28-14-16-6-4-3-5-7-16;/h3-7,17-19,27H,2,8-15H2,1H3,(H2,23,24,25);1H. The van der Waals surface area contributed by atoms with Gasteiger partial charge in [0.2, 0.25) is 0 Å². The number of aliphatic hydroxyl groups is 1. The van der Waals surface area contributed by atoms with E-state index in [0.717, 1.165) is 18.4 Å². The van der Waals surface area contributed by atoms with Gasteiger partial charge < -0.3 is 20.5 Å². The van der Waals surface area contributed by atoms with E-state index in [1.54, 1.807) is 4.90 Å². The molecule has 0 amide bonds. The Balaban J connectivity index is 0.00000420. The van der Waals surface area contributed by atoms with Crippen molar-refractivity contribution >= 4 is 29.9 Å². The van der Waals surface area contributed by atoms with Crippen molar-refractivity contribution < 1.29 is 18.6 Å². The number of guanidine groups is 1. The largest absolute Gasteiger partial charge is 0.389 e. The van der Waals surface area contributed by atoms with Crippen molar-refractivity contribution in [3.05, 3.63) is 35.9 Å². The lowest BCUT2D eigenvalue weighted by atomic mass is 10.1. The average Bonchev–Trinajstić information content (AvgIpc) is 2.68. The molecule has 1 aromatic rings. The molecule has 2 rings (SSSR count). The van der Waals surface area contributed by atoms with Crippen LogP contribution in [0.15, 0.2) is 35.3 Å². The van der Waals surface area contributed by atoms with E-state index in [0.29, 0.717) is 32.2 Å². The summed E-state index contributed by atoms with van der Waals surface area (Å²) in [7, 11) is 0. The number of piperidine rings is 1. The number of hydrogen-bond acceptors (Lipinski definition) is 4. The van der Waals surface area contributed by atoms with E-state index >= 15 is 0 Å². The number of benzene rings is 1. The maximum Gasteiger partial charge on any atom is 0.251 e. The molecule has 1 aliphatic heterocycles. The van der Waals surface area contributed by atoms with E-state index in [9.17, 15) is 13.9 Å². The highest BCUT2D eigenvalue weighted by Gasteiger charge is 2.22. The summed E-state index contributed by atoms with van der Waals surface area (Å²) < 4.78 is 30.5. The highest BCUT2D eigenvalue weighted by Crippen LogP contribution is 2.11. The third kappa shape index (κ3) is 11.1. The SMILES string of the molecule is CCNC(=NCC(O)COCc1ccccc1)NC1CCN(CC(F)F)CC1.I. The maximum atomic E-state index is 12.5. The molecule has 1 saturated heterocycles. The van der Waals surface area contributed by atoms with Gasteiger partial charge in [0, 0.05) is 25.7 Å². The van der Waals surface area contributed by atoms with Crippen LogP contribution in [0.2, 0.25) is 0 Å². The van der Waals surface area contributed by atoms with Crippen LogP contribution in [0.1, 0.15) is 25.3 Å². The van der Waals surface area contributed by atoms with Gasteiger partial charge in [0.25, 0.3) is 6.43 Å². The van der Waals surface area contributed by atoms with Crippen LogP contribution in [-0.4, -0.2) is 73.9 Å². The zero-order chi connectivity index (χ0) is 20.2. The predicted molar refractivity (Wildman–Crippen MR) is 122 cm³/mol. The van der Waals surface area contributed by atoms with E-state index in [4.69, 9.17) is 4.74 Å². The predicted octanol–water partition coefficient (Wildman–Crippen LogP) is 2.47. The molecule has 6 nitrogen and oxygen atoms in total. The van der Waals surface area contributed by atoms with Gasteiger partial charge in [0.05, 0.1) is 32.4 Å². The molecule has 0 aliphatic carbocycles. The van der Waals surface area contributed by atoms with Gasteiger partial charge >= 0.3 is 0 Å². The molecule has 9 heteroatoms. The Morgan fingerprint density at radius 2 is 1.97 bits per heavy atom. The van der Waals surface area contributed by atoms with Crippen LogP contribution < -0.4 is 10.6 Å². The smallest absolute Gasteiger partial charge is 0.251 e. The highest BCUT2D eigenvalue weighted by molar-refractivity contribution is 14.0. The summed E-state index contributed by atoms with van der Waals surface area (Å²) in [6.45, 7) is 4.72. The Morgan fingerprint density at radius 1 is 1.28 bits per heavy atom. The number of nitrogens with zero attached hydrogens (tertiary/aromatic N) is 2. The van der Waals surface area contributed by atoms with Crippen LogP contribution >= 0.6 is 24.0 Å². The normalized spacial score (nSPS) is 17.1. The fourth-order valence-electron chi connectivity index (χ4n) is 3.10. The summed E-state index contributed by atoms with van der Waals surface area (Å²) in [6, 6.07) is 10.00. The number of hydrogen-bond donors (Lipinski definition) is 3. The number of rotatable bonds is 10. The molecule has 3 N–H and O–H groups in total. The summed E-state index contributed by atoms with van der Waals surface area (Å²) in [5, 5.41) is 16.6. The quantitative estimate of drug-likeness (QED) is 0.249. The fourth-order valence-corrected chi connectivity index (χ4v) is 3.10. The van der Waals surface area contributed by atoms with E-state index in [2.05, 4.69) is 15.6 Å². The van der Waals surface area contributed by atoms with Crippen molar-refractivity contribution in [1.82, 2.24) is 15.5 Å². The summed E-state index contributed by atoms with van der Waals surface area (Å²) in [5.41, 5.74) is 1.06. The molecule has 1 aliphatic rings. The van der Waals surface area contributed by atoms with Gasteiger partial charge in [-0.2, -0.15) is 0 Å². The van der Waals surface area contributed by atoms with Crippen molar-refractivity contribution in [2.45, 2.75) is 44.9 Å². The Morgan fingerprint density at radius 3 is 2.59 bits per heavy atom. The first kappa shape index (κ1) is 26.0. The van der Waals surface area contributed by atoms with Crippen LogP contribution in [-0.2, 0) is 11.3 Å². The van der Waals surface area contributed by atoms with Crippen LogP contribution in [0.5, 0.6) is 0 Å². The van der Waals surface area contributed by atoms with Crippen LogP contribution in [0.3, 0.4) is 0 Å². The van der Waals surface area contributed by atoms with Gasteiger partial charge in [-0.25, -0.2) is 8.78 Å². The molecule has 0 radical (unpaired) electrons. The van der Waals surface area contributed by atoms with Crippen molar-refractivity contribution in [2.24, 2.45) is 4.99 Å². The topological polar surface area (TPSA) is 69.1 Å². The van der Waals surface area contributed by atoms with Crippen molar-refractivity contribution in [3.8, 4) is 0 Å². The Hall–Kier alpha value is -1.04. The molecule has 1 unspecified atom stereocenters. The van der Waals surface area contributed by atoms with Crippen LogP contribution in [0.4, 0.5) is 8.78 Å². The second-order valence-electron chi connectivity index (χ2n) is 6.98. The lowest BCUT2D eigenvalue weighted by molar-refractivity contribution is 0.0330. The van der Waals surface area contributed by atoms with Crippen molar-refractivity contribution in [3.63, 3.8) is 0 Å². The van der Waals surface area contributed by atoms with E-state index in [1.807, 2.05) is 37.3 Å². The minimum Gasteiger partial charge on any atom is -0.389 e. The molecule has 0 saturated carbocycles. The Bertz CT molecular complexity index is 573. The van der Waals surface area contributed by atoms with Crippen LogP contribution in [0.25, 0.3) is 0 Å². The summed E-state index contributed by atoms with van der Waals surface area (Å²) in [4.78, 5) is 6.22. The Labute approximate surface area is 189 Å². The first-order chi connectivity index (χ1) is 13.6. The number of aliphatic hydroxyl groups excluding tert-OH is 1. The maximum absolute atomic E-state index is 12.5. The number of halogens is 3. The minimum absolute atomic E-state index is 0. The fraction of sp³-hybridized carbons (Fsp3) is 0.650. The molecule has 166 valence electrons. The zero-order valence-corrected chi connectivity index (χ0v) is 19.2. The monoisotopic (exact) mass is 526 g/mol. The average molecular weight is 526 g/mol. The molecular formula is C20H33F2IN4O2. The molecule has 1 fully saturated rings. The molecule has 29 heavy (non-hydrogen) atoms. The number of likely N-dealkylation sites (tertiary alicyclic amines) is 1. The molecular weight excluding hydrogens is 493 g/mol. The summed E-state index contributed by atoms with van der Waals surface area (Å²) >= 11 is 0. The highest BCUT2D eigenvalue weighted by atomic mass is 127. The van der Waals surface area contributed by atoms with Gasteiger partial charge in [-0.15, -0.1) is 24.0 Å². The Kier molecular flexibility index (Phi) is 13.3. The zero-order valence-electron chi connectivity index (χ0n) is 16.9. The van der Waals surface area contributed by atoms with Gasteiger partial charge in [0.1, 0.15) is 0 Å². The van der Waals surface area contributed by atoms with Crippen molar-refractivity contribution in [1.29, 1.82) is 0 Å². The first-order valence-corrected chi connectivity index (χ1v) is 9.92. The van der Waals surface area contributed by atoms with Gasteiger partial charge in [0.15, 0.2) is 5.96 Å². The second kappa shape index (κ2) is 14.9. The summed E-state index contributed by atoms with van der Waals surface area (Å²) in [6.07, 6.45) is -1.39. The number of ether oxygens (including phenoxy) is 1. The van der Waals surface area contributed by atoms with Crippen LogP contribution in [0, 0.1) is 0 Å². The van der Waals surface area contributed by atoms with E-state index < -0.39 is 12.5 Å². The molecule has 1 heterocycles. The minimum atomic E-state index is -2.28. The summed E-state index contributed by atoms with van der Waals surface area (Å²) in [5.74, 6) is 0.636. The number of alkyl halides is 2. The molecule has 0 spiro atoms. The lowest BCUT2D eigenvalue weighted by Crippen LogP contribution is -2.49. The molecule has 0 aromatic heterocycles. The number of nitrogens with one attached hydrogen (secondary N) is 2. The van der Waals surface area contributed by atoms with Crippen molar-refractivity contribution in [2.75, 3.05) is 39.3 Å². The first-order valence-electron chi connectivity index (χ1n) is 9.92.